The van der Waals surface area contributed by atoms with Crippen molar-refractivity contribution in [3.63, 3.8) is 0 Å². The number of para-hydroxylation sites is 1. The molecule has 1 aromatic heterocycles. The van der Waals surface area contributed by atoms with Gasteiger partial charge >= 0.3 is 0 Å². The summed E-state index contributed by atoms with van der Waals surface area (Å²) in [4.78, 5) is 4.28. The number of imidazole rings is 1. The van der Waals surface area contributed by atoms with E-state index >= 15 is 0 Å². The molecule has 3 nitrogen and oxygen atoms in total. The highest BCUT2D eigenvalue weighted by atomic mass is 127. The first-order valence-corrected chi connectivity index (χ1v) is 7.33. The first-order chi connectivity index (χ1) is 9.49. The Morgan fingerprint density at radius 1 is 1.35 bits per heavy atom. The second-order valence-electron chi connectivity index (χ2n) is 4.47. The number of hydrogen-bond donors (Lipinski definition) is 1. The van der Waals surface area contributed by atoms with Crippen LogP contribution in [0.15, 0.2) is 30.3 Å². The Balaban J connectivity index is 2.42. The highest BCUT2D eigenvalue weighted by Gasteiger charge is 2.16. The Bertz CT molecular complexity index is 809. The number of rotatable bonds is 1. The van der Waals surface area contributed by atoms with E-state index in [4.69, 9.17) is 17.3 Å². The van der Waals surface area contributed by atoms with Gasteiger partial charge in [0, 0.05) is 6.07 Å². The van der Waals surface area contributed by atoms with Gasteiger partial charge < -0.3 is 5.73 Å². The van der Waals surface area contributed by atoms with Gasteiger partial charge in [-0.3, -0.25) is 4.57 Å². The first kappa shape index (κ1) is 13.6. The van der Waals surface area contributed by atoms with Crippen LogP contribution in [0, 0.1) is 16.3 Å². The second-order valence-corrected chi connectivity index (χ2v) is 6.04. The van der Waals surface area contributed by atoms with Gasteiger partial charge in [-0.15, -0.1) is 0 Å². The van der Waals surface area contributed by atoms with Gasteiger partial charge in [-0.1, -0.05) is 23.7 Å². The number of nitrogen functional groups attached to an aromatic ring is 1. The van der Waals surface area contributed by atoms with Crippen molar-refractivity contribution in [1.29, 1.82) is 0 Å². The predicted molar refractivity (Wildman–Crippen MR) is 87.9 cm³/mol. The lowest BCUT2D eigenvalue weighted by Crippen LogP contribution is -2.03. The molecule has 20 heavy (non-hydrogen) atoms. The van der Waals surface area contributed by atoms with E-state index in [9.17, 15) is 4.39 Å². The number of aryl methyl sites for hydroxylation is 1. The van der Waals surface area contributed by atoms with Crippen LogP contribution in [0.5, 0.6) is 0 Å². The molecule has 0 aliphatic carbocycles. The number of hydrogen-bond acceptors (Lipinski definition) is 2. The molecule has 0 aliphatic heterocycles. The van der Waals surface area contributed by atoms with Crippen molar-refractivity contribution in [2.75, 3.05) is 5.73 Å². The van der Waals surface area contributed by atoms with Crippen LogP contribution in [0.3, 0.4) is 0 Å². The Hall–Kier alpha value is -1.34. The summed E-state index contributed by atoms with van der Waals surface area (Å²) in [6, 6.07) is 8.67. The third-order valence-electron chi connectivity index (χ3n) is 3.13. The zero-order valence-corrected chi connectivity index (χ0v) is 13.4. The van der Waals surface area contributed by atoms with Crippen LogP contribution in [-0.4, -0.2) is 9.55 Å². The van der Waals surface area contributed by atoms with E-state index < -0.39 is 0 Å². The molecule has 3 aromatic rings. The van der Waals surface area contributed by atoms with E-state index in [0.29, 0.717) is 19.6 Å². The number of fused-ring (bicyclic) bond motifs is 1. The molecule has 102 valence electrons. The number of anilines is 1. The Morgan fingerprint density at radius 3 is 2.80 bits per heavy atom. The molecule has 0 fully saturated rings. The van der Waals surface area contributed by atoms with Crippen molar-refractivity contribution in [1.82, 2.24) is 9.55 Å². The zero-order chi connectivity index (χ0) is 14.4. The molecule has 2 aromatic carbocycles. The van der Waals surface area contributed by atoms with Crippen molar-refractivity contribution >= 4 is 51.2 Å². The van der Waals surface area contributed by atoms with Gasteiger partial charge in [0.05, 0.1) is 25.3 Å². The number of nitrogens with zero attached hydrogens (tertiary/aromatic N) is 2. The van der Waals surface area contributed by atoms with Crippen LogP contribution in [0.1, 0.15) is 5.56 Å². The molecule has 1 heterocycles. The largest absolute Gasteiger partial charge is 0.369 e. The molecule has 0 radical (unpaired) electrons. The lowest BCUT2D eigenvalue weighted by Gasteiger charge is -2.12. The van der Waals surface area contributed by atoms with Gasteiger partial charge in [-0.25, -0.2) is 9.37 Å². The standard InChI is InChI=1S/C14H10ClFIN3/c1-7-3-2-4-8(15)13(7)20-12-5-9(16)10(17)6-11(12)19-14(20)18/h2-6H,1H3,(H2,18,19). The van der Waals surface area contributed by atoms with Crippen molar-refractivity contribution < 1.29 is 4.39 Å². The normalized spacial score (nSPS) is 11.2. The van der Waals surface area contributed by atoms with Gasteiger partial charge in [-0.05, 0) is 47.2 Å². The fourth-order valence-electron chi connectivity index (χ4n) is 2.23. The highest BCUT2D eigenvalue weighted by Crippen LogP contribution is 2.31. The molecule has 0 unspecified atom stereocenters. The Morgan fingerprint density at radius 2 is 2.10 bits per heavy atom. The summed E-state index contributed by atoms with van der Waals surface area (Å²) in [5.41, 5.74) is 8.92. The minimum Gasteiger partial charge on any atom is -0.369 e. The zero-order valence-electron chi connectivity index (χ0n) is 10.5. The van der Waals surface area contributed by atoms with Crippen LogP contribution in [0.2, 0.25) is 5.02 Å². The molecule has 6 heteroatoms. The first-order valence-electron chi connectivity index (χ1n) is 5.87. The molecule has 0 aliphatic rings. The quantitative estimate of drug-likeness (QED) is 0.618. The minimum absolute atomic E-state index is 0.289. The summed E-state index contributed by atoms with van der Waals surface area (Å²) in [5.74, 6) is -0.0124. The maximum Gasteiger partial charge on any atom is 0.205 e. The van der Waals surface area contributed by atoms with E-state index in [2.05, 4.69) is 4.98 Å². The van der Waals surface area contributed by atoms with Crippen LogP contribution < -0.4 is 5.73 Å². The van der Waals surface area contributed by atoms with E-state index in [-0.39, 0.29) is 11.8 Å². The number of benzene rings is 2. The van der Waals surface area contributed by atoms with Crippen molar-refractivity contribution in [3.05, 3.63) is 50.3 Å². The SMILES string of the molecule is Cc1cccc(Cl)c1-n1c(N)nc2cc(I)c(F)cc21. The molecule has 0 bridgehead atoms. The molecule has 0 amide bonds. The summed E-state index contributed by atoms with van der Waals surface area (Å²) < 4.78 is 16.0. The smallest absolute Gasteiger partial charge is 0.205 e. The van der Waals surface area contributed by atoms with Gasteiger partial charge in [0.25, 0.3) is 0 Å². The molecular weight excluding hydrogens is 392 g/mol. The van der Waals surface area contributed by atoms with Crippen molar-refractivity contribution in [2.24, 2.45) is 0 Å². The third kappa shape index (κ3) is 2.05. The van der Waals surface area contributed by atoms with Crippen LogP contribution in [-0.2, 0) is 0 Å². The second kappa shape index (κ2) is 4.89. The molecule has 0 saturated carbocycles. The van der Waals surface area contributed by atoms with Gasteiger partial charge in [0.15, 0.2) is 0 Å². The Labute approximate surface area is 133 Å². The number of halogens is 3. The van der Waals surface area contributed by atoms with E-state index in [1.54, 1.807) is 16.7 Å². The minimum atomic E-state index is -0.302. The number of aromatic nitrogens is 2. The van der Waals surface area contributed by atoms with Gasteiger partial charge in [0.1, 0.15) is 5.82 Å². The third-order valence-corrected chi connectivity index (χ3v) is 4.27. The topological polar surface area (TPSA) is 43.8 Å². The average molecular weight is 402 g/mol. The maximum absolute atomic E-state index is 13.8. The van der Waals surface area contributed by atoms with Gasteiger partial charge in [0.2, 0.25) is 5.95 Å². The molecule has 0 spiro atoms. The monoisotopic (exact) mass is 401 g/mol. The predicted octanol–water partition coefficient (Wildman–Crippen LogP) is 4.31. The molecule has 0 atom stereocenters. The summed E-state index contributed by atoms with van der Waals surface area (Å²) in [7, 11) is 0. The Kier molecular flexibility index (Phi) is 3.33. The van der Waals surface area contributed by atoms with Crippen molar-refractivity contribution in [3.8, 4) is 5.69 Å². The summed E-state index contributed by atoms with van der Waals surface area (Å²) in [5, 5.41) is 0.551. The average Bonchev–Trinajstić information content (AvgIpc) is 2.67. The molecular formula is C14H10ClFIN3. The number of nitrogens with two attached hydrogens (primary N) is 1. The maximum atomic E-state index is 13.8. The lowest BCUT2D eigenvalue weighted by atomic mass is 10.2. The van der Waals surface area contributed by atoms with E-state index in [0.717, 1.165) is 11.3 Å². The summed E-state index contributed by atoms with van der Waals surface area (Å²) in [6.45, 7) is 1.93. The van der Waals surface area contributed by atoms with E-state index in [1.807, 2.05) is 41.6 Å². The van der Waals surface area contributed by atoms with Gasteiger partial charge in [-0.2, -0.15) is 0 Å². The highest BCUT2D eigenvalue weighted by molar-refractivity contribution is 14.1. The van der Waals surface area contributed by atoms with Crippen LogP contribution in [0.4, 0.5) is 10.3 Å². The van der Waals surface area contributed by atoms with Crippen LogP contribution >= 0.6 is 34.2 Å². The molecule has 3 rings (SSSR count). The summed E-state index contributed by atoms with van der Waals surface area (Å²) in [6.07, 6.45) is 0. The fourth-order valence-corrected chi connectivity index (χ4v) is 2.99. The lowest BCUT2D eigenvalue weighted by molar-refractivity contribution is 0.622. The van der Waals surface area contributed by atoms with Crippen LogP contribution in [0.25, 0.3) is 16.7 Å². The van der Waals surface area contributed by atoms with E-state index in [1.165, 1.54) is 6.07 Å². The van der Waals surface area contributed by atoms with Crippen molar-refractivity contribution in [2.45, 2.75) is 6.92 Å². The molecule has 2 N–H and O–H groups in total. The molecule has 0 saturated heterocycles. The fraction of sp³-hybridized carbons (Fsp3) is 0.0714. The summed E-state index contributed by atoms with van der Waals surface area (Å²) >= 11 is 8.20.